The summed E-state index contributed by atoms with van der Waals surface area (Å²) in [5.41, 5.74) is 3.11. The van der Waals surface area contributed by atoms with Gasteiger partial charge in [0.2, 0.25) is 0 Å². The molecule has 2 N–H and O–H groups in total. The third-order valence-corrected chi connectivity index (χ3v) is 2.37. The Hall–Kier alpha value is -1.44. The molecule has 0 spiro atoms. The van der Waals surface area contributed by atoms with E-state index in [9.17, 15) is 10.2 Å². The molecule has 0 fully saturated rings. The van der Waals surface area contributed by atoms with Gasteiger partial charge in [0.15, 0.2) is 0 Å². The van der Waals surface area contributed by atoms with Gasteiger partial charge >= 0.3 is 0 Å². The number of fused-ring (bicyclic) bond motifs is 1. The normalized spacial score (nSPS) is 21.5. The minimum Gasteiger partial charge on any atom is -0.507 e. The second-order valence-electron chi connectivity index (χ2n) is 3.13. The van der Waals surface area contributed by atoms with Crippen molar-refractivity contribution in [3.05, 3.63) is 46.0 Å². The first-order valence-corrected chi connectivity index (χ1v) is 3.86. The molecule has 0 saturated heterocycles. The third kappa shape index (κ3) is 0.644. The number of aliphatic hydroxyl groups excluding tert-OH is 2. The predicted octanol–water partition coefficient (Wildman–Crippen LogP) is 2.53. The van der Waals surface area contributed by atoms with E-state index < -0.39 is 0 Å². The fourth-order valence-corrected chi connectivity index (χ4v) is 1.60. The van der Waals surface area contributed by atoms with Crippen molar-refractivity contribution in [3.8, 4) is 0 Å². The SMILES string of the molecule is CC1=CC=C2C(O)=C(C)C(O)=C12. The Morgan fingerprint density at radius 2 is 1.67 bits per heavy atom. The van der Waals surface area contributed by atoms with Crippen LogP contribution in [0.2, 0.25) is 0 Å². The van der Waals surface area contributed by atoms with Crippen LogP contribution in [0.25, 0.3) is 0 Å². The molecule has 0 aromatic rings. The van der Waals surface area contributed by atoms with Gasteiger partial charge in [-0.1, -0.05) is 12.2 Å². The van der Waals surface area contributed by atoms with Crippen molar-refractivity contribution < 1.29 is 10.2 Å². The Bertz CT molecular complexity index is 379. The summed E-state index contributed by atoms with van der Waals surface area (Å²) in [6, 6.07) is 0. The first kappa shape index (κ1) is 7.22. The van der Waals surface area contributed by atoms with Crippen molar-refractivity contribution in [2.75, 3.05) is 0 Å². The molecule has 0 aromatic heterocycles. The monoisotopic (exact) mass is 162 g/mol. The minimum absolute atomic E-state index is 0.204. The van der Waals surface area contributed by atoms with Gasteiger partial charge in [0.05, 0.1) is 0 Å². The smallest absolute Gasteiger partial charge is 0.130 e. The van der Waals surface area contributed by atoms with E-state index in [-0.39, 0.29) is 11.5 Å². The van der Waals surface area contributed by atoms with Gasteiger partial charge in [0, 0.05) is 16.7 Å². The molecule has 62 valence electrons. The van der Waals surface area contributed by atoms with E-state index in [1.54, 1.807) is 6.92 Å². The van der Waals surface area contributed by atoms with Crippen LogP contribution < -0.4 is 0 Å². The molecule has 0 aliphatic heterocycles. The van der Waals surface area contributed by atoms with E-state index in [1.165, 1.54) is 0 Å². The third-order valence-electron chi connectivity index (χ3n) is 2.37. The van der Waals surface area contributed by atoms with Crippen LogP contribution >= 0.6 is 0 Å². The van der Waals surface area contributed by atoms with Crippen LogP contribution in [0.3, 0.4) is 0 Å². The maximum atomic E-state index is 9.59. The van der Waals surface area contributed by atoms with Gasteiger partial charge in [-0.25, -0.2) is 0 Å². The lowest BCUT2D eigenvalue weighted by molar-refractivity contribution is 0.401. The second kappa shape index (κ2) is 2.03. The van der Waals surface area contributed by atoms with Gasteiger partial charge in [-0.05, 0) is 19.4 Å². The molecule has 2 aliphatic rings. The number of allylic oxidation sites excluding steroid dienone is 5. The maximum Gasteiger partial charge on any atom is 0.130 e. The molecule has 0 radical (unpaired) electrons. The highest BCUT2D eigenvalue weighted by atomic mass is 16.3. The molecule has 0 saturated carbocycles. The predicted molar refractivity (Wildman–Crippen MR) is 46.8 cm³/mol. The molecule has 2 aliphatic carbocycles. The Balaban J connectivity index is 2.64. The summed E-state index contributed by atoms with van der Waals surface area (Å²) in [5, 5.41) is 19.1. The van der Waals surface area contributed by atoms with Crippen LogP contribution in [0.4, 0.5) is 0 Å². The number of aliphatic hydroxyl groups is 2. The van der Waals surface area contributed by atoms with Crippen molar-refractivity contribution >= 4 is 0 Å². The van der Waals surface area contributed by atoms with Gasteiger partial charge in [-0.3, -0.25) is 0 Å². The molecule has 0 heterocycles. The molecule has 0 amide bonds. The Morgan fingerprint density at radius 3 is 2.25 bits per heavy atom. The van der Waals surface area contributed by atoms with Crippen molar-refractivity contribution in [3.63, 3.8) is 0 Å². The van der Waals surface area contributed by atoms with E-state index in [1.807, 2.05) is 19.1 Å². The fraction of sp³-hybridized carbons (Fsp3) is 0.200. The maximum absolute atomic E-state index is 9.59. The van der Waals surface area contributed by atoms with Crippen molar-refractivity contribution in [2.45, 2.75) is 13.8 Å². The summed E-state index contributed by atoms with van der Waals surface area (Å²) in [4.78, 5) is 0. The van der Waals surface area contributed by atoms with Crippen LogP contribution in [0.15, 0.2) is 46.0 Å². The summed E-state index contributed by atoms with van der Waals surface area (Å²) in [6.45, 7) is 3.63. The summed E-state index contributed by atoms with van der Waals surface area (Å²) >= 11 is 0. The molecule has 0 unspecified atom stereocenters. The molecule has 2 heteroatoms. The van der Waals surface area contributed by atoms with E-state index in [2.05, 4.69) is 0 Å². The molecule has 0 atom stereocenters. The van der Waals surface area contributed by atoms with E-state index in [4.69, 9.17) is 0 Å². The zero-order valence-electron chi connectivity index (χ0n) is 7.05. The number of hydrogen-bond acceptors (Lipinski definition) is 2. The lowest BCUT2D eigenvalue weighted by Crippen LogP contribution is -1.86. The lowest BCUT2D eigenvalue weighted by Gasteiger charge is -1.99. The zero-order valence-corrected chi connectivity index (χ0v) is 7.05. The Labute approximate surface area is 70.8 Å². The molecular weight excluding hydrogens is 152 g/mol. The van der Waals surface area contributed by atoms with Gasteiger partial charge in [0.1, 0.15) is 11.5 Å². The topological polar surface area (TPSA) is 40.5 Å². The highest BCUT2D eigenvalue weighted by Crippen LogP contribution is 2.40. The van der Waals surface area contributed by atoms with Crippen LogP contribution in [-0.4, -0.2) is 10.2 Å². The van der Waals surface area contributed by atoms with Gasteiger partial charge < -0.3 is 10.2 Å². The van der Waals surface area contributed by atoms with Crippen molar-refractivity contribution in [1.29, 1.82) is 0 Å². The average molecular weight is 162 g/mol. The van der Waals surface area contributed by atoms with Gasteiger partial charge in [-0.15, -0.1) is 0 Å². The summed E-state index contributed by atoms with van der Waals surface area (Å²) in [5.74, 6) is 0.417. The molecule has 2 rings (SSSR count). The Morgan fingerprint density at radius 1 is 1.00 bits per heavy atom. The van der Waals surface area contributed by atoms with Crippen molar-refractivity contribution in [2.24, 2.45) is 0 Å². The standard InChI is InChI=1S/C10H10O2/c1-5-3-4-7-8(5)10(12)6(2)9(7)11/h3-4,11-12H,1-2H3. The summed E-state index contributed by atoms with van der Waals surface area (Å²) in [6.07, 6.45) is 3.72. The second-order valence-corrected chi connectivity index (χ2v) is 3.13. The molecule has 0 aromatic carbocycles. The first-order chi connectivity index (χ1) is 5.63. The van der Waals surface area contributed by atoms with E-state index in [0.29, 0.717) is 5.57 Å². The van der Waals surface area contributed by atoms with Crippen LogP contribution in [-0.2, 0) is 0 Å². The lowest BCUT2D eigenvalue weighted by atomic mass is 10.1. The Kier molecular flexibility index (Phi) is 1.22. The minimum atomic E-state index is 0.204. The molecule has 0 bridgehead atoms. The van der Waals surface area contributed by atoms with E-state index in [0.717, 1.165) is 16.7 Å². The average Bonchev–Trinajstić information content (AvgIpc) is 2.51. The highest BCUT2D eigenvalue weighted by Gasteiger charge is 2.29. The molecule has 2 nitrogen and oxygen atoms in total. The number of hydrogen-bond donors (Lipinski definition) is 2. The summed E-state index contributed by atoms with van der Waals surface area (Å²) in [7, 11) is 0. The first-order valence-electron chi connectivity index (χ1n) is 3.86. The summed E-state index contributed by atoms with van der Waals surface area (Å²) < 4.78 is 0. The largest absolute Gasteiger partial charge is 0.507 e. The van der Waals surface area contributed by atoms with Crippen LogP contribution in [0.1, 0.15) is 13.8 Å². The van der Waals surface area contributed by atoms with Gasteiger partial charge in [0.25, 0.3) is 0 Å². The molecular formula is C10H10O2. The fourth-order valence-electron chi connectivity index (χ4n) is 1.60. The van der Waals surface area contributed by atoms with Crippen LogP contribution in [0, 0.1) is 0 Å². The van der Waals surface area contributed by atoms with E-state index >= 15 is 0 Å². The number of rotatable bonds is 0. The van der Waals surface area contributed by atoms with Crippen molar-refractivity contribution in [1.82, 2.24) is 0 Å². The highest BCUT2D eigenvalue weighted by molar-refractivity contribution is 5.69. The zero-order chi connectivity index (χ0) is 8.88. The van der Waals surface area contributed by atoms with Gasteiger partial charge in [-0.2, -0.15) is 0 Å². The quantitative estimate of drug-likeness (QED) is 0.574. The van der Waals surface area contributed by atoms with Crippen LogP contribution in [0.5, 0.6) is 0 Å². The molecule has 12 heavy (non-hydrogen) atoms.